The Labute approximate surface area is 223 Å². The number of aryl methyl sites for hydroxylation is 2. The summed E-state index contributed by atoms with van der Waals surface area (Å²) in [5.41, 5.74) is 2.56. The Bertz CT molecular complexity index is 1420. The average molecular weight is 565 g/mol. The maximum atomic E-state index is 14.0. The second-order valence-electron chi connectivity index (χ2n) is 10.7. The Hall–Kier alpha value is -2.77. The lowest BCUT2D eigenvalue weighted by atomic mass is 10.0. The number of hydrogen-bond donors (Lipinski definition) is 0. The van der Waals surface area contributed by atoms with Gasteiger partial charge in [-0.3, -0.25) is 0 Å². The number of hydrogen-bond acceptors (Lipinski definition) is 7. The zero-order valence-electron chi connectivity index (χ0n) is 21.9. The van der Waals surface area contributed by atoms with E-state index >= 15 is 0 Å². The number of fused-ring (bicyclic) bond motifs is 2. The summed E-state index contributed by atoms with van der Waals surface area (Å²) in [4.78, 5) is 10.1. The number of halogens is 3. The average Bonchev–Trinajstić information content (AvgIpc) is 3.56. The van der Waals surface area contributed by atoms with Gasteiger partial charge in [0.25, 0.3) is 0 Å². The van der Waals surface area contributed by atoms with Crippen LogP contribution in [0.4, 0.5) is 13.2 Å². The van der Waals surface area contributed by atoms with Crippen LogP contribution < -0.4 is 4.74 Å². The number of pyridine rings is 1. The maximum Gasteiger partial charge on any atom is 0.393 e. The van der Waals surface area contributed by atoms with Gasteiger partial charge in [0.15, 0.2) is 11.4 Å². The third-order valence-corrected chi connectivity index (χ3v) is 9.39. The lowest BCUT2D eigenvalue weighted by molar-refractivity contribution is -0.127. The molecule has 0 saturated heterocycles. The summed E-state index contributed by atoms with van der Waals surface area (Å²) >= 11 is 1.45. The van der Waals surface area contributed by atoms with Gasteiger partial charge in [0.05, 0.1) is 24.9 Å². The zero-order valence-corrected chi connectivity index (χ0v) is 23.7. The molecule has 0 unspecified atom stereocenters. The van der Waals surface area contributed by atoms with Crippen molar-refractivity contribution >= 4 is 25.1 Å². The van der Waals surface area contributed by atoms with Gasteiger partial charge in [-0.05, 0) is 37.8 Å². The first kappa shape index (κ1) is 26.8. The minimum Gasteiger partial charge on any atom is -0.493 e. The molecule has 1 aliphatic carbocycles. The van der Waals surface area contributed by atoms with E-state index in [0.717, 1.165) is 42.3 Å². The van der Waals surface area contributed by atoms with Crippen molar-refractivity contribution in [2.24, 2.45) is 0 Å². The van der Waals surface area contributed by atoms with Crippen molar-refractivity contribution in [3.05, 3.63) is 34.7 Å². The number of thiazole rings is 1. The van der Waals surface area contributed by atoms with E-state index < -0.39 is 20.7 Å². The molecule has 0 aromatic carbocycles. The van der Waals surface area contributed by atoms with Gasteiger partial charge in [-0.1, -0.05) is 19.6 Å². The SMILES string of the molecule is COc1cc(-c2c(CC(F)(F)F)c(-c3nc4c(s3)CCCC4)nn2COCC[Si](C)(C)C)cn2ncnc12. The van der Waals surface area contributed by atoms with Crippen LogP contribution in [0.3, 0.4) is 0 Å². The van der Waals surface area contributed by atoms with Gasteiger partial charge in [0.1, 0.15) is 23.8 Å². The quantitative estimate of drug-likeness (QED) is 0.183. The highest BCUT2D eigenvalue weighted by molar-refractivity contribution is 7.15. The lowest BCUT2D eigenvalue weighted by Crippen LogP contribution is -2.22. The van der Waals surface area contributed by atoms with E-state index in [2.05, 4.69) is 29.7 Å². The summed E-state index contributed by atoms with van der Waals surface area (Å²) < 4.78 is 56.6. The predicted octanol–water partition coefficient (Wildman–Crippen LogP) is 6.02. The van der Waals surface area contributed by atoms with Crippen LogP contribution in [0.25, 0.3) is 27.6 Å². The third-order valence-electron chi connectivity index (χ3n) is 6.52. The van der Waals surface area contributed by atoms with E-state index in [-0.39, 0.29) is 18.0 Å². The third kappa shape index (κ3) is 5.79. The molecule has 0 saturated carbocycles. The number of aromatic nitrogens is 6. The van der Waals surface area contributed by atoms with E-state index in [9.17, 15) is 13.2 Å². The Kier molecular flexibility index (Phi) is 7.35. The fraction of sp³-hybridized carbons (Fsp3) is 0.520. The molecule has 4 aromatic heterocycles. The van der Waals surface area contributed by atoms with Gasteiger partial charge < -0.3 is 9.47 Å². The first-order valence-electron chi connectivity index (χ1n) is 12.6. The van der Waals surface area contributed by atoms with E-state index in [1.54, 1.807) is 12.3 Å². The molecule has 204 valence electrons. The number of nitrogens with zero attached hydrogens (tertiary/aromatic N) is 6. The highest BCUT2D eigenvalue weighted by atomic mass is 32.1. The van der Waals surface area contributed by atoms with Crippen molar-refractivity contribution < 1.29 is 22.6 Å². The van der Waals surface area contributed by atoms with Gasteiger partial charge in [0.2, 0.25) is 0 Å². The zero-order chi connectivity index (χ0) is 27.1. The van der Waals surface area contributed by atoms with Crippen molar-refractivity contribution in [3.8, 4) is 27.7 Å². The molecule has 8 nitrogen and oxygen atoms in total. The van der Waals surface area contributed by atoms with Gasteiger partial charge in [0, 0.05) is 36.9 Å². The Morgan fingerprint density at radius 2 is 1.95 bits per heavy atom. The molecule has 1 aliphatic rings. The second kappa shape index (κ2) is 10.4. The van der Waals surface area contributed by atoms with Crippen LogP contribution in [0.5, 0.6) is 5.75 Å². The summed E-state index contributed by atoms with van der Waals surface area (Å²) in [7, 11) is 0.142. The normalized spacial score (nSPS) is 14.3. The van der Waals surface area contributed by atoms with Gasteiger partial charge in [-0.2, -0.15) is 23.4 Å². The molecule has 0 radical (unpaired) electrons. The molecular weight excluding hydrogens is 533 g/mol. The minimum atomic E-state index is -4.45. The fourth-order valence-corrected chi connectivity index (χ4v) is 6.53. The highest BCUT2D eigenvalue weighted by Gasteiger charge is 2.35. The molecule has 13 heteroatoms. The lowest BCUT2D eigenvalue weighted by Gasteiger charge is -2.16. The van der Waals surface area contributed by atoms with E-state index in [4.69, 9.17) is 19.6 Å². The summed E-state index contributed by atoms with van der Waals surface area (Å²) in [5, 5.41) is 9.42. The molecule has 0 fully saturated rings. The van der Waals surface area contributed by atoms with Gasteiger partial charge in [-0.25, -0.2) is 19.2 Å². The first-order chi connectivity index (χ1) is 18.0. The van der Waals surface area contributed by atoms with Crippen LogP contribution in [0.15, 0.2) is 18.6 Å². The van der Waals surface area contributed by atoms with Crippen LogP contribution in [0, 0.1) is 0 Å². The molecule has 0 bridgehead atoms. The molecular formula is C25H31F3N6O2SSi. The molecule has 0 spiro atoms. The van der Waals surface area contributed by atoms with Gasteiger partial charge >= 0.3 is 6.18 Å². The first-order valence-corrected chi connectivity index (χ1v) is 17.2. The summed E-state index contributed by atoms with van der Waals surface area (Å²) in [6.45, 7) is 7.28. The largest absolute Gasteiger partial charge is 0.493 e. The molecule has 4 aromatic rings. The molecule has 0 amide bonds. The van der Waals surface area contributed by atoms with E-state index in [1.165, 1.54) is 34.0 Å². The number of methoxy groups -OCH3 is 1. The summed E-state index contributed by atoms with van der Waals surface area (Å²) in [5.74, 6) is 0.400. The van der Waals surface area contributed by atoms with Crippen molar-refractivity contribution in [3.63, 3.8) is 0 Å². The molecule has 38 heavy (non-hydrogen) atoms. The topological polar surface area (TPSA) is 79.4 Å². The van der Waals surface area contributed by atoms with Crippen LogP contribution in [-0.2, 0) is 30.7 Å². The molecule has 0 N–H and O–H groups in total. The summed E-state index contributed by atoms with van der Waals surface area (Å²) in [6, 6.07) is 2.61. The van der Waals surface area contributed by atoms with Gasteiger partial charge in [-0.15, -0.1) is 11.3 Å². The minimum absolute atomic E-state index is 0.0213. The number of alkyl halides is 3. The molecule has 4 heterocycles. The second-order valence-corrected chi connectivity index (χ2v) is 17.4. The van der Waals surface area contributed by atoms with E-state index in [1.807, 2.05) is 0 Å². The smallest absolute Gasteiger partial charge is 0.393 e. The van der Waals surface area contributed by atoms with Crippen LogP contribution in [-0.4, -0.2) is 57.3 Å². The van der Waals surface area contributed by atoms with Crippen molar-refractivity contribution in [1.29, 1.82) is 0 Å². The summed E-state index contributed by atoms with van der Waals surface area (Å²) in [6.07, 6.45) is 1.27. The van der Waals surface area contributed by atoms with Crippen LogP contribution in [0.1, 0.15) is 29.0 Å². The monoisotopic (exact) mass is 564 g/mol. The van der Waals surface area contributed by atoms with Crippen molar-refractivity contribution in [2.45, 2.75) is 70.7 Å². The fourth-order valence-electron chi connectivity index (χ4n) is 4.61. The molecule has 0 aliphatic heterocycles. The van der Waals surface area contributed by atoms with Crippen LogP contribution >= 0.6 is 11.3 Å². The predicted molar refractivity (Wildman–Crippen MR) is 142 cm³/mol. The highest BCUT2D eigenvalue weighted by Crippen LogP contribution is 2.41. The van der Waals surface area contributed by atoms with Crippen molar-refractivity contribution in [2.75, 3.05) is 13.7 Å². The Balaban J connectivity index is 1.66. The molecule has 5 rings (SSSR count). The Morgan fingerprint density at radius 1 is 1.16 bits per heavy atom. The van der Waals surface area contributed by atoms with E-state index in [0.29, 0.717) is 34.3 Å². The maximum absolute atomic E-state index is 14.0. The Morgan fingerprint density at radius 3 is 2.66 bits per heavy atom. The molecule has 0 atom stereocenters. The van der Waals surface area contributed by atoms with Crippen LogP contribution in [0.2, 0.25) is 25.7 Å². The number of rotatable bonds is 9. The standard InChI is InChI=1S/C25H31F3N6O2SSi/c1-35-19-11-16(13-33-23(19)29-14-30-33)22-17(12-25(26,27)28)21(24-31-18-7-5-6-8-20(18)37-24)32-34(22)15-36-9-10-38(2,3)4/h11,13-14H,5-10,12,15H2,1-4H3. The number of ether oxygens (including phenoxy) is 2. The van der Waals surface area contributed by atoms with Crippen molar-refractivity contribution in [1.82, 2.24) is 29.4 Å².